The van der Waals surface area contributed by atoms with Gasteiger partial charge in [-0.25, -0.2) is 4.98 Å². The normalized spacial score (nSPS) is 26.4. The van der Waals surface area contributed by atoms with E-state index in [1.165, 1.54) is 0 Å². The maximum Gasteiger partial charge on any atom is 0.149 e. The summed E-state index contributed by atoms with van der Waals surface area (Å²) in [6.45, 7) is 3.63. The van der Waals surface area contributed by atoms with Crippen molar-refractivity contribution in [3.8, 4) is 0 Å². The minimum atomic E-state index is -0.0253. The molecule has 0 amide bonds. The second kappa shape index (κ2) is 3.46. The maximum atomic E-state index is 5.79. The van der Waals surface area contributed by atoms with Gasteiger partial charge in [0.25, 0.3) is 0 Å². The first-order chi connectivity index (χ1) is 6.70. The molecule has 0 aromatic carbocycles. The highest BCUT2D eigenvalue weighted by Crippen LogP contribution is 2.25. The van der Waals surface area contributed by atoms with E-state index in [1.54, 1.807) is 6.20 Å². The molecule has 1 atom stereocenters. The molecule has 1 aliphatic heterocycles. The minimum Gasteiger partial charge on any atom is -0.396 e. The number of nitrogens with zero attached hydrogens (tertiary/aromatic N) is 1. The zero-order chi connectivity index (χ0) is 10.0. The summed E-state index contributed by atoms with van der Waals surface area (Å²) >= 11 is 0. The first kappa shape index (κ1) is 9.27. The Balaban J connectivity index is 2.14. The molecule has 76 valence electrons. The molecule has 1 saturated heterocycles. The van der Waals surface area contributed by atoms with E-state index in [2.05, 4.69) is 17.2 Å². The van der Waals surface area contributed by atoms with Crippen LogP contribution in [0, 0.1) is 0 Å². The summed E-state index contributed by atoms with van der Waals surface area (Å²) in [7, 11) is 0. The number of aromatic nitrogens is 1. The monoisotopic (exact) mass is 193 g/mol. The quantitative estimate of drug-likeness (QED) is 0.742. The Hall–Kier alpha value is -1.29. The maximum absolute atomic E-state index is 5.79. The van der Waals surface area contributed by atoms with Gasteiger partial charge in [0.15, 0.2) is 0 Å². The van der Waals surface area contributed by atoms with Gasteiger partial charge >= 0.3 is 0 Å². The lowest BCUT2D eigenvalue weighted by Gasteiger charge is -2.24. The van der Waals surface area contributed by atoms with Crippen LogP contribution in [-0.4, -0.2) is 23.7 Å². The molecule has 2 rings (SSSR count). The fraction of sp³-hybridized carbons (Fsp3) is 0.500. The molecule has 0 bridgehead atoms. The Morgan fingerprint density at radius 1 is 1.64 bits per heavy atom. The number of rotatable bonds is 2. The molecular formula is C10H15N3O. The van der Waals surface area contributed by atoms with Gasteiger partial charge in [-0.05, 0) is 25.5 Å². The Morgan fingerprint density at radius 3 is 3.14 bits per heavy atom. The van der Waals surface area contributed by atoms with Gasteiger partial charge in [-0.3, -0.25) is 0 Å². The summed E-state index contributed by atoms with van der Waals surface area (Å²) in [6.07, 6.45) is 2.72. The molecule has 0 saturated carbocycles. The highest BCUT2D eigenvalue weighted by atomic mass is 16.5. The predicted octanol–water partition coefficient (Wildman–Crippen LogP) is 1.25. The fourth-order valence-corrected chi connectivity index (χ4v) is 1.57. The van der Waals surface area contributed by atoms with Crippen molar-refractivity contribution in [2.75, 3.05) is 24.3 Å². The first-order valence-electron chi connectivity index (χ1n) is 4.76. The van der Waals surface area contributed by atoms with Crippen LogP contribution in [0.1, 0.15) is 13.3 Å². The van der Waals surface area contributed by atoms with E-state index in [0.717, 1.165) is 18.8 Å². The average molecular weight is 193 g/mol. The highest BCUT2D eigenvalue weighted by molar-refractivity contribution is 5.61. The first-order valence-corrected chi connectivity index (χ1v) is 4.76. The topological polar surface area (TPSA) is 60.2 Å². The van der Waals surface area contributed by atoms with Crippen LogP contribution in [0.5, 0.6) is 0 Å². The van der Waals surface area contributed by atoms with E-state index in [1.807, 2.05) is 12.1 Å². The molecule has 4 nitrogen and oxygen atoms in total. The highest BCUT2D eigenvalue weighted by Gasteiger charge is 2.30. The molecule has 14 heavy (non-hydrogen) atoms. The Morgan fingerprint density at radius 2 is 2.50 bits per heavy atom. The zero-order valence-electron chi connectivity index (χ0n) is 8.29. The van der Waals surface area contributed by atoms with Gasteiger partial charge < -0.3 is 15.8 Å². The van der Waals surface area contributed by atoms with Crippen LogP contribution in [0.3, 0.4) is 0 Å². The largest absolute Gasteiger partial charge is 0.396 e. The lowest BCUT2D eigenvalue weighted by Crippen LogP contribution is -2.35. The molecule has 1 aliphatic rings. The summed E-state index contributed by atoms with van der Waals surface area (Å²) in [5, 5.41) is 3.32. The van der Waals surface area contributed by atoms with Crippen molar-refractivity contribution in [2.24, 2.45) is 0 Å². The third-order valence-corrected chi connectivity index (χ3v) is 2.48. The minimum absolute atomic E-state index is 0.0253. The molecule has 0 spiro atoms. The molecule has 1 aromatic rings. The molecule has 4 heteroatoms. The van der Waals surface area contributed by atoms with Gasteiger partial charge in [-0.1, -0.05) is 0 Å². The van der Waals surface area contributed by atoms with Crippen LogP contribution >= 0.6 is 0 Å². The van der Waals surface area contributed by atoms with Crippen LogP contribution in [0.2, 0.25) is 0 Å². The van der Waals surface area contributed by atoms with Crippen molar-refractivity contribution in [2.45, 2.75) is 18.9 Å². The number of nitrogens with one attached hydrogen (secondary N) is 1. The second-order valence-electron chi connectivity index (χ2n) is 3.93. The summed E-state index contributed by atoms with van der Waals surface area (Å²) < 4.78 is 5.34. The van der Waals surface area contributed by atoms with Gasteiger partial charge in [0.05, 0.1) is 17.8 Å². The van der Waals surface area contributed by atoms with E-state index in [9.17, 15) is 0 Å². The lowest BCUT2D eigenvalue weighted by atomic mass is 10.0. The third kappa shape index (κ3) is 1.80. The Kier molecular flexibility index (Phi) is 2.29. The van der Waals surface area contributed by atoms with Gasteiger partial charge in [0.2, 0.25) is 0 Å². The average Bonchev–Trinajstić information content (AvgIpc) is 2.57. The standard InChI is InChI=1S/C10H15N3O/c1-10(4-6-14-7-10)13-9-8(11)3-2-5-12-9/h2-3,5H,4,6-7,11H2,1H3,(H,12,13). The third-order valence-electron chi connectivity index (χ3n) is 2.48. The van der Waals surface area contributed by atoms with Crippen LogP contribution in [-0.2, 0) is 4.74 Å². The smallest absolute Gasteiger partial charge is 0.149 e. The molecule has 1 unspecified atom stereocenters. The van der Waals surface area contributed by atoms with Gasteiger partial charge in [0.1, 0.15) is 5.82 Å². The van der Waals surface area contributed by atoms with Gasteiger partial charge in [-0.2, -0.15) is 0 Å². The van der Waals surface area contributed by atoms with E-state index in [0.29, 0.717) is 12.3 Å². The van der Waals surface area contributed by atoms with Crippen LogP contribution < -0.4 is 11.1 Å². The molecule has 1 aromatic heterocycles. The van der Waals surface area contributed by atoms with E-state index >= 15 is 0 Å². The van der Waals surface area contributed by atoms with Crippen molar-refractivity contribution >= 4 is 11.5 Å². The van der Waals surface area contributed by atoms with Crippen LogP contribution in [0.15, 0.2) is 18.3 Å². The fourth-order valence-electron chi connectivity index (χ4n) is 1.57. The molecule has 2 heterocycles. The zero-order valence-corrected chi connectivity index (χ0v) is 8.29. The van der Waals surface area contributed by atoms with Crippen molar-refractivity contribution in [3.63, 3.8) is 0 Å². The number of nitrogens with two attached hydrogens (primary N) is 1. The number of anilines is 2. The van der Waals surface area contributed by atoms with Crippen molar-refractivity contribution in [1.82, 2.24) is 4.98 Å². The van der Waals surface area contributed by atoms with E-state index < -0.39 is 0 Å². The van der Waals surface area contributed by atoms with E-state index in [4.69, 9.17) is 10.5 Å². The van der Waals surface area contributed by atoms with Crippen molar-refractivity contribution in [1.29, 1.82) is 0 Å². The number of hydrogen-bond acceptors (Lipinski definition) is 4. The van der Waals surface area contributed by atoms with Crippen molar-refractivity contribution in [3.05, 3.63) is 18.3 Å². The summed E-state index contributed by atoms with van der Waals surface area (Å²) in [5.41, 5.74) is 6.45. The van der Waals surface area contributed by atoms with Crippen LogP contribution in [0.25, 0.3) is 0 Å². The summed E-state index contributed by atoms with van der Waals surface area (Å²) in [4.78, 5) is 4.20. The molecule has 0 aliphatic carbocycles. The SMILES string of the molecule is CC1(Nc2ncccc2N)CCOC1. The van der Waals surface area contributed by atoms with Gasteiger partial charge in [-0.15, -0.1) is 0 Å². The molecular weight excluding hydrogens is 178 g/mol. The summed E-state index contributed by atoms with van der Waals surface area (Å²) in [6, 6.07) is 3.67. The Bertz CT molecular complexity index is 321. The summed E-state index contributed by atoms with van der Waals surface area (Å²) in [5.74, 6) is 0.750. The molecule has 1 fully saturated rings. The number of hydrogen-bond donors (Lipinski definition) is 2. The molecule has 0 radical (unpaired) electrons. The number of pyridine rings is 1. The van der Waals surface area contributed by atoms with Crippen LogP contribution in [0.4, 0.5) is 11.5 Å². The second-order valence-corrected chi connectivity index (χ2v) is 3.93. The van der Waals surface area contributed by atoms with Crippen molar-refractivity contribution < 1.29 is 4.74 Å². The van der Waals surface area contributed by atoms with E-state index in [-0.39, 0.29) is 5.54 Å². The predicted molar refractivity (Wildman–Crippen MR) is 56.1 cm³/mol. The van der Waals surface area contributed by atoms with Gasteiger partial charge in [0, 0.05) is 12.8 Å². The number of nitrogen functional groups attached to an aromatic ring is 1. The lowest BCUT2D eigenvalue weighted by molar-refractivity contribution is 0.185. The Labute approximate surface area is 83.5 Å². The molecule has 3 N–H and O–H groups in total. The number of ether oxygens (including phenoxy) is 1.